The molecule has 0 saturated carbocycles. The van der Waals surface area contributed by atoms with Crippen molar-refractivity contribution in [2.24, 2.45) is 0 Å². The van der Waals surface area contributed by atoms with Crippen molar-refractivity contribution in [3.63, 3.8) is 0 Å². The summed E-state index contributed by atoms with van der Waals surface area (Å²) in [5.41, 5.74) is 1.47. The summed E-state index contributed by atoms with van der Waals surface area (Å²) < 4.78 is 24.8. The monoisotopic (exact) mass is 299 g/mol. The van der Waals surface area contributed by atoms with Crippen LogP contribution >= 0.6 is 0 Å². The van der Waals surface area contributed by atoms with Gasteiger partial charge in [-0.25, -0.2) is 8.42 Å². The van der Waals surface area contributed by atoms with Crippen molar-refractivity contribution in [2.75, 3.05) is 0 Å². The lowest BCUT2D eigenvalue weighted by Crippen LogP contribution is -2.03. The first-order chi connectivity index (χ1) is 9.93. The summed E-state index contributed by atoms with van der Waals surface area (Å²) >= 11 is 0. The summed E-state index contributed by atoms with van der Waals surface area (Å²) in [6, 6.07) is 14.0. The van der Waals surface area contributed by atoms with Crippen molar-refractivity contribution in [1.29, 1.82) is 5.26 Å². The van der Waals surface area contributed by atoms with Gasteiger partial charge in [0, 0.05) is 0 Å². The topological polar surface area (TPSA) is 78.2 Å². The molecule has 0 aliphatic heterocycles. The van der Waals surface area contributed by atoms with Gasteiger partial charge in [0.15, 0.2) is 0 Å². The molecular weight excluding hydrogens is 286 g/mol. The number of phenols is 1. The molecule has 2 rings (SSSR count). The molecule has 0 fully saturated rings. The van der Waals surface area contributed by atoms with E-state index >= 15 is 0 Å². The van der Waals surface area contributed by atoms with Crippen molar-refractivity contribution < 1.29 is 13.5 Å². The summed E-state index contributed by atoms with van der Waals surface area (Å²) in [6.07, 6.45) is 1.29. The average molecular weight is 299 g/mol. The van der Waals surface area contributed by atoms with Crippen molar-refractivity contribution in [3.05, 3.63) is 64.6 Å². The molecule has 21 heavy (non-hydrogen) atoms. The number of nitrogens with zero attached hydrogens (tertiary/aromatic N) is 1. The maximum absolute atomic E-state index is 12.4. The lowest BCUT2D eigenvalue weighted by molar-refractivity contribution is 0.475. The molecule has 0 heterocycles. The highest BCUT2D eigenvalue weighted by molar-refractivity contribution is 7.95. The van der Waals surface area contributed by atoms with Crippen molar-refractivity contribution in [2.45, 2.75) is 11.8 Å². The molecule has 0 atom stereocenters. The van der Waals surface area contributed by atoms with Gasteiger partial charge in [0.05, 0.1) is 4.90 Å². The van der Waals surface area contributed by atoms with E-state index in [1.165, 1.54) is 42.5 Å². The molecule has 5 heteroatoms. The normalized spacial score (nSPS) is 11.9. The maximum Gasteiger partial charge on any atom is 0.216 e. The Balaban J connectivity index is 2.47. The van der Waals surface area contributed by atoms with Gasteiger partial charge in [0.1, 0.15) is 16.7 Å². The number of hydrogen-bond donors (Lipinski definition) is 1. The van der Waals surface area contributed by atoms with Crippen LogP contribution in [-0.2, 0) is 9.84 Å². The van der Waals surface area contributed by atoms with Crippen LogP contribution in [0.3, 0.4) is 0 Å². The molecule has 1 N–H and O–H groups in total. The summed E-state index contributed by atoms with van der Waals surface area (Å²) in [6.45, 7) is 1.86. The average Bonchev–Trinajstić information content (AvgIpc) is 2.47. The van der Waals surface area contributed by atoms with E-state index in [1.54, 1.807) is 18.2 Å². The second-order valence-corrected chi connectivity index (χ2v) is 6.45. The fourth-order valence-corrected chi connectivity index (χ4v) is 2.90. The SMILES string of the molecule is Cc1ccc(S(=O)(=O)/C(C#N)=C\c2ccc(O)cc2)cc1. The van der Waals surface area contributed by atoms with Gasteiger partial charge in [-0.15, -0.1) is 0 Å². The number of aromatic hydroxyl groups is 1. The van der Waals surface area contributed by atoms with Gasteiger partial charge in [-0.2, -0.15) is 5.26 Å². The van der Waals surface area contributed by atoms with Crippen LogP contribution < -0.4 is 0 Å². The maximum atomic E-state index is 12.4. The van der Waals surface area contributed by atoms with Crippen LogP contribution in [0.15, 0.2) is 58.3 Å². The van der Waals surface area contributed by atoms with E-state index in [0.717, 1.165) is 5.56 Å². The summed E-state index contributed by atoms with van der Waals surface area (Å²) in [7, 11) is -3.84. The standard InChI is InChI=1S/C16H13NO3S/c1-12-2-8-15(9-3-12)21(19,20)16(11-17)10-13-4-6-14(18)7-5-13/h2-10,18H,1H3/b16-10-. The molecule has 0 aliphatic rings. The number of allylic oxidation sites excluding steroid dienone is 1. The predicted octanol–water partition coefficient (Wildman–Crippen LogP) is 3.04. The Morgan fingerprint density at radius 1 is 1.10 bits per heavy atom. The Kier molecular flexibility index (Phi) is 4.10. The first kappa shape index (κ1) is 14.8. The number of benzene rings is 2. The highest BCUT2D eigenvalue weighted by atomic mass is 32.2. The molecule has 0 unspecified atom stereocenters. The van der Waals surface area contributed by atoms with E-state index in [2.05, 4.69) is 0 Å². The highest BCUT2D eigenvalue weighted by Crippen LogP contribution is 2.22. The third-order valence-electron chi connectivity index (χ3n) is 2.92. The van der Waals surface area contributed by atoms with E-state index in [-0.39, 0.29) is 15.6 Å². The zero-order chi connectivity index (χ0) is 15.5. The van der Waals surface area contributed by atoms with Crippen molar-refractivity contribution in [1.82, 2.24) is 0 Å². The number of rotatable bonds is 3. The molecular formula is C16H13NO3S. The third-order valence-corrected chi connectivity index (χ3v) is 4.60. The van der Waals surface area contributed by atoms with E-state index in [1.807, 2.05) is 6.92 Å². The van der Waals surface area contributed by atoms with Crippen LogP contribution in [0.5, 0.6) is 5.75 Å². The zero-order valence-corrected chi connectivity index (χ0v) is 12.1. The minimum Gasteiger partial charge on any atom is -0.508 e. The lowest BCUT2D eigenvalue weighted by Gasteiger charge is -2.04. The summed E-state index contributed by atoms with van der Waals surface area (Å²) in [5.74, 6) is 0.0760. The van der Waals surface area contributed by atoms with Crippen LogP contribution in [0, 0.1) is 18.3 Å². The molecule has 0 saturated heterocycles. The number of aryl methyl sites for hydroxylation is 1. The second kappa shape index (κ2) is 5.81. The minimum absolute atomic E-state index is 0.0760. The number of nitriles is 1. The quantitative estimate of drug-likeness (QED) is 0.884. The number of hydrogen-bond acceptors (Lipinski definition) is 4. The predicted molar refractivity (Wildman–Crippen MR) is 80.1 cm³/mol. The van der Waals surface area contributed by atoms with Gasteiger partial charge in [0.2, 0.25) is 9.84 Å². The molecule has 0 aromatic heterocycles. The summed E-state index contributed by atoms with van der Waals surface area (Å²) in [4.78, 5) is -0.253. The molecule has 0 amide bonds. The Labute approximate surface area is 123 Å². The first-order valence-electron chi connectivity index (χ1n) is 6.16. The zero-order valence-electron chi connectivity index (χ0n) is 11.3. The smallest absolute Gasteiger partial charge is 0.216 e. The molecule has 4 nitrogen and oxygen atoms in total. The van der Waals surface area contributed by atoms with Gasteiger partial charge in [-0.05, 0) is 42.8 Å². The van der Waals surface area contributed by atoms with Gasteiger partial charge < -0.3 is 5.11 Å². The van der Waals surface area contributed by atoms with E-state index in [0.29, 0.717) is 5.56 Å². The van der Waals surface area contributed by atoms with Crippen LogP contribution in [0.25, 0.3) is 6.08 Å². The van der Waals surface area contributed by atoms with Crippen LogP contribution in [-0.4, -0.2) is 13.5 Å². The van der Waals surface area contributed by atoms with Crippen molar-refractivity contribution in [3.8, 4) is 11.8 Å². The van der Waals surface area contributed by atoms with Gasteiger partial charge in [0.25, 0.3) is 0 Å². The minimum atomic E-state index is -3.84. The van der Waals surface area contributed by atoms with Crippen LogP contribution in [0.1, 0.15) is 11.1 Å². The lowest BCUT2D eigenvalue weighted by atomic mass is 10.2. The Morgan fingerprint density at radius 2 is 1.67 bits per heavy atom. The number of sulfone groups is 1. The Hall–Kier alpha value is -2.58. The molecule has 0 spiro atoms. The fraction of sp³-hybridized carbons (Fsp3) is 0.0625. The number of phenolic OH excluding ortho intramolecular Hbond substituents is 1. The molecule has 0 bridgehead atoms. The molecule has 106 valence electrons. The van der Waals surface area contributed by atoms with E-state index in [9.17, 15) is 13.5 Å². The van der Waals surface area contributed by atoms with Gasteiger partial charge >= 0.3 is 0 Å². The molecule has 0 aliphatic carbocycles. The fourth-order valence-electron chi connectivity index (χ4n) is 1.74. The second-order valence-electron chi connectivity index (χ2n) is 4.53. The Bertz CT molecular complexity index is 811. The van der Waals surface area contributed by atoms with Gasteiger partial charge in [-0.3, -0.25) is 0 Å². The molecule has 2 aromatic carbocycles. The highest BCUT2D eigenvalue weighted by Gasteiger charge is 2.20. The van der Waals surface area contributed by atoms with Gasteiger partial charge in [-0.1, -0.05) is 29.8 Å². The third kappa shape index (κ3) is 3.30. The van der Waals surface area contributed by atoms with Crippen molar-refractivity contribution >= 4 is 15.9 Å². The van der Waals surface area contributed by atoms with E-state index < -0.39 is 9.84 Å². The molecule has 2 aromatic rings. The summed E-state index contributed by atoms with van der Waals surface area (Å²) in [5, 5.41) is 18.4. The largest absolute Gasteiger partial charge is 0.508 e. The van der Waals surface area contributed by atoms with Crippen LogP contribution in [0.2, 0.25) is 0 Å². The van der Waals surface area contributed by atoms with E-state index in [4.69, 9.17) is 5.26 Å². The first-order valence-corrected chi connectivity index (χ1v) is 7.64. The molecule has 0 radical (unpaired) electrons. The Morgan fingerprint density at radius 3 is 2.19 bits per heavy atom. The van der Waals surface area contributed by atoms with Crippen LogP contribution in [0.4, 0.5) is 0 Å².